The number of ether oxygens (including phenoxy) is 2. The standard InChI is InChI=1S/C26H42N2O6/c1-9-13-27(25(7,8)15-24(4,5)6)22(31)20-26-12-11-17(34-26)18(23(32)33-10-2)19(26)21(30)28(20)16(3)14-29/h9,16-20,29H,1,10-15H2,2-8H3/t16-,17-,18+,19+,20?,26?/m1/s1. The number of aliphatic hydroxyl groups excluding tert-OH is 1. The molecule has 192 valence electrons. The van der Waals surface area contributed by atoms with Crippen molar-refractivity contribution >= 4 is 17.8 Å². The lowest BCUT2D eigenvalue weighted by atomic mass is 9.70. The van der Waals surface area contributed by atoms with Gasteiger partial charge in [-0.2, -0.15) is 0 Å². The smallest absolute Gasteiger partial charge is 0.312 e. The Labute approximate surface area is 203 Å². The molecule has 2 unspecified atom stereocenters. The minimum atomic E-state index is -1.10. The Morgan fingerprint density at radius 1 is 1.35 bits per heavy atom. The highest BCUT2D eigenvalue weighted by Crippen LogP contribution is 2.59. The van der Waals surface area contributed by atoms with Crippen LogP contribution in [0.5, 0.6) is 0 Å². The third-order valence-electron chi connectivity index (χ3n) is 7.54. The van der Waals surface area contributed by atoms with Gasteiger partial charge >= 0.3 is 5.97 Å². The van der Waals surface area contributed by atoms with Gasteiger partial charge in [0.1, 0.15) is 11.6 Å². The molecule has 0 saturated carbocycles. The molecule has 2 bridgehead atoms. The van der Waals surface area contributed by atoms with Crippen LogP contribution in [0.1, 0.15) is 67.7 Å². The number of carbonyl (C=O) groups is 3. The maximum atomic E-state index is 14.4. The highest BCUT2D eigenvalue weighted by molar-refractivity contribution is 5.98. The highest BCUT2D eigenvalue weighted by Gasteiger charge is 2.75. The molecule has 2 amide bonds. The van der Waals surface area contributed by atoms with Crippen LogP contribution in [-0.4, -0.2) is 81.8 Å². The second-order valence-corrected chi connectivity index (χ2v) is 11.9. The Hall–Kier alpha value is -1.93. The first-order chi connectivity index (χ1) is 15.8. The highest BCUT2D eigenvalue weighted by atomic mass is 16.6. The molecule has 3 heterocycles. The summed E-state index contributed by atoms with van der Waals surface area (Å²) in [5.74, 6) is -2.51. The van der Waals surface area contributed by atoms with Crippen LogP contribution in [0.15, 0.2) is 12.7 Å². The van der Waals surface area contributed by atoms with Crippen molar-refractivity contribution < 1.29 is 29.0 Å². The predicted molar refractivity (Wildman–Crippen MR) is 128 cm³/mol. The van der Waals surface area contributed by atoms with Gasteiger partial charge in [0.05, 0.1) is 37.2 Å². The number of carbonyl (C=O) groups excluding carboxylic acids is 3. The molecule has 1 spiro atoms. The molecule has 0 radical (unpaired) electrons. The van der Waals surface area contributed by atoms with Gasteiger partial charge in [-0.05, 0) is 52.4 Å². The van der Waals surface area contributed by atoms with Gasteiger partial charge in [-0.25, -0.2) is 0 Å². The molecule has 34 heavy (non-hydrogen) atoms. The van der Waals surface area contributed by atoms with Crippen LogP contribution >= 0.6 is 0 Å². The molecule has 8 heteroatoms. The van der Waals surface area contributed by atoms with E-state index in [1.165, 1.54) is 4.90 Å². The number of esters is 1. The largest absolute Gasteiger partial charge is 0.466 e. The average Bonchev–Trinajstić information content (AvgIpc) is 3.36. The van der Waals surface area contributed by atoms with Crippen LogP contribution in [0.4, 0.5) is 0 Å². The Morgan fingerprint density at radius 2 is 2.00 bits per heavy atom. The second kappa shape index (κ2) is 9.26. The fourth-order valence-corrected chi connectivity index (χ4v) is 6.74. The number of hydrogen-bond acceptors (Lipinski definition) is 6. The number of amides is 2. The van der Waals surface area contributed by atoms with Crippen molar-refractivity contribution in [2.24, 2.45) is 17.3 Å². The van der Waals surface area contributed by atoms with Crippen molar-refractivity contribution in [2.75, 3.05) is 19.8 Å². The molecule has 3 rings (SSSR count). The SMILES string of the molecule is C=CCN(C(=O)C1N([C@H](C)CO)C(=O)[C@@H]2[C@@H](C(=O)OCC)[C@H]3CCC12O3)C(C)(C)CC(C)(C)C. The Morgan fingerprint density at radius 3 is 2.53 bits per heavy atom. The first-order valence-electron chi connectivity index (χ1n) is 12.5. The van der Waals surface area contributed by atoms with E-state index in [2.05, 4.69) is 27.4 Å². The monoisotopic (exact) mass is 478 g/mol. The topological polar surface area (TPSA) is 96.4 Å². The summed E-state index contributed by atoms with van der Waals surface area (Å²) >= 11 is 0. The van der Waals surface area contributed by atoms with Crippen molar-refractivity contribution in [3.05, 3.63) is 12.7 Å². The lowest BCUT2D eigenvalue weighted by Crippen LogP contribution is -2.62. The third-order valence-corrected chi connectivity index (χ3v) is 7.54. The summed E-state index contributed by atoms with van der Waals surface area (Å²) in [7, 11) is 0. The normalized spacial score (nSPS) is 31.4. The Kier molecular flexibility index (Phi) is 7.27. The summed E-state index contributed by atoms with van der Waals surface area (Å²) in [5, 5.41) is 9.99. The molecule has 0 aromatic rings. The third kappa shape index (κ3) is 4.28. The number of nitrogens with zero attached hydrogens (tertiary/aromatic N) is 2. The van der Waals surface area contributed by atoms with E-state index in [1.54, 1.807) is 24.8 Å². The lowest BCUT2D eigenvalue weighted by molar-refractivity contribution is -0.157. The summed E-state index contributed by atoms with van der Waals surface area (Å²) in [5.41, 5.74) is -1.66. The van der Waals surface area contributed by atoms with Gasteiger partial charge in [0.2, 0.25) is 11.8 Å². The van der Waals surface area contributed by atoms with Crippen molar-refractivity contribution in [3.63, 3.8) is 0 Å². The van der Waals surface area contributed by atoms with Crippen molar-refractivity contribution in [1.82, 2.24) is 9.80 Å². The van der Waals surface area contributed by atoms with E-state index in [0.29, 0.717) is 19.4 Å². The molecule has 6 atom stereocenters. The predicted octanol–water partition coefficient (Wildman–Crippen LogP) is 2.53. The van der Waals surface area contributed by atoms with E-state index in [9.17, 15) is 19.5 Å². The molecule has 0 aliphatic carbocycles. The van der Waals surface area contributed by atoms with Gasteiger partial charge in [-0.3, -0.25) is 14.4 Å². The number of aliphatic hydroxyl groups is 1. The second-order valence-electron chi connectivity index (χ2n) is 11.9. The van der Waals surface area contributed by atoms with Crippen LogP contribution in [0.25, 0.3) is 0 Å². The maximum absolute atomic E-state index is 14.4. The van der Waals surface area contributed by atoms with E-state index >= 15 is 0 Å². The molecule has 1 N–H and O–H groups in total. The number of rotatable bonds is 9. The number of fused-ring (bicyclic) bond motifs is 1. The Bertz CT molecular complexity index is 834. The minimum absolute atomic E-state index is 0.0368. The summed E-state index contributed by atoms with van der Waals surface area (Å²) in [6, 6.07) is -1.51. The van der Waals surface area contributed by atoms with Crippen LogP contribution in [0.3, 0.4) is 0 Å². The van der Waals surface area contributed by atoms with Crippen LogP contribution in [0.2, 0.25) is 0 Å². The van der Waals surface area contributed by atoms with Gasteiger partial charge in [0, 0.05) is 12.1 Å². The van der Waals surface area contributed by atoms with Crippen molar-refractivity contribution in [3.8, 4) is 0 Å². The molecule has 3 aliphatic rings. The molecule has 8 nitrogen and oxygen atoms in total. The van der Waals surface area contributed by atoms with E-state index in [0.717, 1.165) is 6.42 Å². The molecule has 3 fully saturated rings. The van der Waals surface area contributed by atoms with Gasteiger partial charge < -0.3 is 24.4 Å². The molecular weight excluding hydrogens is 436 g/mol. The lowest BCUT2D eigenvalue weighted by Gasteiger charge is -2.46. The van der Waals surface area contributed by atoms with Gasteiger partial charge in [-0.15, -0.1) is 6.58 Å². The molecular formula is C26H42N2O6. The summed E-state index contributed by atoms with van der Waals surface area (Å²) < 4.78 is 11.7. The van der Waals surface area contributed by atoms with Gasteiger partial charge in [0.25, 0.3) is 0 Å². The first kappa shape index (κ1) is 26.7. The number of likely N-dealkylation sites (tertiary alicyclic amines) is 1. The number of hydrogen-bond donors (Lipinski definition) is 1. The van der Waals surface area contributed by atoms with Crippen LogP contribution in [0, 0.1) is 17.3 Å². The van der Waals surface area contributed by atoms with Crippen LogP contribution < -0.4 is 0 Å². The quantitative estimate of drug-likeness (QED) is 0.404. The van der Waals surface area contributed by atoms with Crippen molar-refractivity contribution in [2.45, 2.75) is 97.1 Å². The van der Waals surface area contributed by atoms with Gasteiger partial charge in [-0.1, -0.05) is 26.8 Å². The van der Waals surface area contributed by atoms with E-state index in [4.69, 9.17) is 9.47 Å². The van der Waals surface area contributed by atoms with Crippen LogP contribution in [-0.2, 0) is 23.9 Å². The molecule has 0 aromatic heterocycles. The van der Waals surface area contributed by atoms with Gasteiger partial charge in [0.15, 0.2) is 0 Å². The summed E-state index contributed by atoms with van der Waals surface area (Å²) in [4.78, 5) is 44.3. The molecule has 3 aliphatic heterocycles. The summed E-state index contributed by atoms with van der Waals surface area (Å²) in [6.45, 7) is 18.0. The molecule has 3 saturated heterocycles. The Balaban J connectivity index is 2.08. The fraction of sp³-hybridized carbons (Fsp3) is 0.808. The van der Waals surface area contributed by atoms with Crippen molar-refractivity contribution in [1.29, 1.82) is 0 Å². The zero-order chi connectivity index (χ0) is 25.6. The van der Waals surface area contributed by atoms with E-state index in [1.807, 2.05) is 13.8 Å². The summed E-state index contributed by atoms with van der Waals surface area (Å²) in [6.07, 6.45) is 3.09. The van der Waals surface area contributed by atoms with E-state index in [-0.39, 0.29) is 30.4 Å². The minimum Gasteiger partial charge on any atom is -0.466 e. The maximum Gasteiger partial charge on any atom is 0.312 e. The zero-order valence-electron chi connectivity index (χ0n) is 21.8. The van der Waals surface area contributed by atoms with E-state index < -0.39 is 47.1 Å². The average molecular weight is 479 g/mol. The first-order valence-corrected chi connectivity index (χ1v) is 12.5. The zero-order valence-corrected chi connectivity index (χ0v) is 21.8. The fourth-order valence-electron chi connectivity index (χ4n) is 6.74. The molecule has 0 aromatic carbocycles.